The lowest BCUT2D eigenvalue weighted by Gasteiger charge is -2.43. The molecule has 2 aromatic carbocycles. The highest BCUT2D eigenvalue weighted by molar-refractivity contribution is 7.09. The molecule has 4 atom stereocenters. The molecule has 0 radical (unpaired) electrons. The Hall–Kier alpha value is -4.24. The third-order valence-electron chi connectivity index (χ3n) is 9.36. The number of alkyl carbamates (subject to hydrolysis) is 1. The number of carbonyl (C=O) groups excluding carboxylic acids is 3. The summed E-state index contributed by atoms with van der Waals surface area (Å²) >= 11 is 1.48. The summed E-state index contributed by atoms with van der Waals surface area (Å²) < 4.78 is 16.4. The van der Waals surface area contributed by atoms with Crippen molar-refractivity contribution in [2.24, 2.45) is 11.8 Å². The fourth-order valence-corrected chi connectivity index (χ4v) is 7.13. The van der Waals surface area contributed by atoms with Gasteiger partial charge in [0.1, 0.15) is 12.6 Å². The van der Waals surface area contributed by atoms with Crippen LogP contribution in [0.25, 0.3) is 0 Å². The first-order chi connectivity index (χ1) is 25.2. The molecule has 0 unspecified atom stereocenters. The number of ether oxygens (including phenoxy) is 3. The van der Waals surface area contributed by atoms with E-state index in [1.54, 1.807) is 0 Å². The molecule has 0 spiro atoms. The quantitative estimate of drug-likeness (QED) is 0.180. The second-order valence-corrected chi connectivity index (χ2v) is 16.3. The fraction of sp³-hybridized carbons (Fsp3) is 0.538. The van der Waals surface area contributed by atoms with Gasteiger partial charge in [0.05, 0.1) is 28.8 Å². The molecule has 1 saturated heterocycles. The van der Waals surface area contributed by atoms with E-state index in [4.69, 9.17) is 14.2 Å². The zero-order valence-electron chi connectivity index (χ0n) is 31.6. The molecule has 0 saturated carbocycles. The lowest BCUT2D eigenvalue weighted by molar-refractivity contribution is -0.132. The Morgan fingerprint density at radius 2 is 1.81 bits per heavy atom. The van der Waals surface area contributed by atoms with Crippen molar-refractivity contribution in [2.75, 3.05) is 39.5 Å². The fourth-order valence-electron chi connectivity index (χ4n) is 6.54. The van der Waals surface area contributed by atoms with E-state index in [1.807, 2.05) is 100 Å². The molecule has 3 aromatic rings. The lowest BCUT2D eigenvalue weighted by atomic mass is 9.93. The molecular formula is C39H54N6O7S. The molecule has 2 aliphatic heterocycles. The van der Waals surface area contributed by atoms with E-state index in [0.717, 1.165) is 27.6 Å². The maximum atomic E-state index is 13.9. The Kier molecular flexibility index (Phi) is 13.7. The average molecular weight is 751 g/mol. The largest absolute Gasteiger partial charge is 0.454 e. The number of nitrogens with one attached hydrogen (secondary N) is 3. The number of aliphatic hydroxyl groups excluding tert-OH is 1. The molecule has 288 valence electrons. The van der Waals surface area contributed by atoms with E-state index in [9.17, 15) is 19.5 Å². The minimum Gasteiger partial charge on any atom is -0.454 e. The van der Waals surface area contributed by atoms with E-state index in [2.05, 4.69) is 25.8 Å². The number of β-amino-alcohol motifs (C(OH)–C–C–N with tert-alkyl or cyclic N) is 1. The lowest BCUT2D eigenvalue weighted by Crippen LogP contribution is -2.63. The van der Waals surface area contributed by atoms with Crippen molar-refractivity contribution in [2.45, 2.75) is 84.8 Å². The van der Waals surface area contributed by atoms with Gasteiger partial charge in [-0.15, -0.1) is 11.3 Å². The van der Waals surface area contributed by atoms with Gasteiger partial charge in [0.25, 0.3) is 0 Å². The molecule has 13 nitrogen and oxygen atoms in total. The number of nitrogens with zero attached hydrogens (tertiary/aromatic N) is 3. The summed E-state index contributed by atoms with van der Waals surface area (Å²) in [6.45, 7) is 14.3. The molecule has 5 rings (SSSR count). The summed E-state index contributed by atoms with van der Waals surface area (Å²) in [5.41, 5.74) is 2.23. The SMILES string of the molecule is Cc1nc(COC(=O)NC[C@@H](C(=O)N[C@H](Cc2ccccc2)[C@@H](O)CN2CCN(Cc3ccc4c(c3)OCO4)C[C@@H]2C(=O)NC(C)(C)C)C(C)C)cs1. The molecule has 3 heterocycles. The van der Waals surface area contributed by atoms with Crippen molar-refractivity contribution in [3.8, 4) is 11.5 Å². The molecule has 4 N–H and O–H groups in total. The summed E-state index contributed by atoms with van der Waals surface area (Å²) in [5, 5.41) is 23.6. The van der Waals surface area contributed by atoms with Crippen molar-refractivity contribution in [3.63, 3.8) is 0 Å². The maximum absolute atomic E-state index is 13.9. The van der Waals surface area contributed by atoms with Gasteiger partial charge in [0.15, 0.2) is 11.5 Å². The normalized spacial score (nSPS) is 17.9. The first kappa shape index (κ1) is 40.0. The number of thiazole rings is 1. The number of hydrogen-bond donors (Lipinski definition) is 4. The second-order valence-electron chi connectivity index (χ2n) is 15.2. The summed E-state index contributed by atoms with van der Waals surface area (Å²) in [4.78, 5) is 48.8. The molecule has 0 aliphatic carbocycles. The van der Waals surface area contributed by atoms with Crippen molar-refractivity contribution in [3.05, 3.63) is 75.7 Å². The van der Waals surface area contributed by atoms with Gasteiger partial charge < -0.3 is 35.3 Å². The average Bonchev–Trinajstić information content (AvgIpc) is 3.75. The maximum Gasteiger partial charge on any atom is 0.407 e. The van der Waals surface area contributed by atoms with Crippen LogP contribution in [0.5, 0.6) is 11.5 Å². The van der Waals surface area contributed by atoms with Gasteiger partial charge in [-0.25, -0.2) is 9.78 Å². The first-order valence-corrected chi connectivity index (χ1v) is 19.1. The van der Waals surface area contributed by atoms with Crippen LogP contribution in [0.1, 0.15) is 56.4 Å². The van der Waals surface area contributed by atoms with Crippen molar-refractivity contribution in [1.29, 1.82) is 0 Å². The van der Waals surface area contributed by atoms with E-state index < -0.39 is 35.7 Å². The molecule has 0 bridgehead atoms. The zero-order chi connectivity index (χ0) is 38.1. The number of rotatable bonds is 15. The van der Waals surface area contributed by atoms with Crippen LogP contribution >= 0.6 is 11.3 Å². The number of hydrogen-bond acceptors (Lipinski definition) is 11. The number of fused-ring (bicyclic) bond motifs is 1. The summed E-state index contributed by atoms with van der Waals surface area (Å²) in [6.07, 6.45) is -1.26. The molecule has 1 fully saturated rings. The number of benzene rings is 2. The Morgan fingerprint density at radius 3 is 2.51 bits per heavy atom. The van der Waals surface area contributed by atoms with E-state index in [0.29, 0.717) is 38.3 Å². The molecule has 2 aliphatic rings. The molecular weight excluding hydrogens is 697 g/mol. The van der Waals surface area contributed by atoms with Crippen molar-refractivity contribution in [1.82, 2.24) is 30.7 Å². The van der Waals surface area contributed by atoms with Crippen molar-refractivity contribution >= 4 is 29.2 Å². The molecule has 53 heavy (non-hydrogen) atoms. The van der Waals surface area contributed by atoms with Crippen LogP contribution in [0, 0.1) is 18.8 Å². The van der Waals surface area contributed by atoms with Gasteiger partial charge >= 0.3 is 6.09 Å². The predicted octanol–water partition coefficient (Wildman–Crippen LogP) is 3.87. The Balaban J connectivity index is 1.26. The van der Waals surface area contributed by atoms with Gasteiger partial charge in [-0.3, -0.25) is 19.4 Å². The minimum atomic E-state index is -1.00. The van der Waals surface area contributed by atoms with Gasteiger partial charge in [0.2, 0.25) is 18.6 Å². The monoisotopic (exact) mass is 750 g/mol. The van der Waals surface area contributed by atoms with Gasteiger partial charge in [-0.2, -0.15) is 0 Å². The first-order valence-electron chi connectivity index (χ1n) is 18.2. The Labute approximate surface area is 316 Å². The molecule has 3 amide bonds. The van der Waals surface area contributed by atoms with Crippen LogP contribution in [0.2, 0.25) is 0 Å². The number of aromatic nitrogens is 1. The van der Waals surface area contributed by atoms with E-state index in [-0.39, 0.29) is 44.2 Å². The van der Waals surface area contributed by atoms with Crippen LogP contribution in [-0.4, -0.2) is 101 Å². The van der Waals surface area contributed by atoms with Gasteiger partial charge in [-0.05, 0) is 63.3 Å². The standard InChI is InChI=1S/C39H54N6O7S/c1-25(2)30(18-40-38(49)50-22-29-23-53-26(3)41-29)36(47)42-31(16-27-10-8-7-9-11-27)33(46)21-45-15-14-44(20-32(45)37(48)43-39(4,5)6)19-28-12-13-34-35(17-28)52-24-51-34/h7-13,17,23,25,30-33,46H,14-16,18-22,24H2,1-6H3,(H,40,49)(H,42,47)(H,43,48)/t30-,31-,32-,33+/m1/s1. The topological polar surface area (TPSA) is 155 Å². The van der Waals surface area contributed by atoms with E-state index >= 15 is 0 Å². The van der Waals surface area contributed by atoms with Gasteiger partial charge in [-0.1, -0.05) is 50.2 Å². The number of piperazine rings is 1. The molecule has 14 heteroatoms. The van der Waals surface area contributed by atoms with Crippen LogP contribution in [0.4, 0.5) is 4.79 Å². The van der Waals surface area contributed by atoms with Crippen LogP contribution < -0.4 is 25.4 Å². The summed E-state index contributed by atoms with van der Waals surface area (Å²) in [5.74, 6) is 0.338. The highest BCUT2D eigenvalue weighted by Gasteiger charge is 2.37. The van der Waals surface area contributed by atoms with Gasteiger partial charge in [0, 0.05) is 50.2 Å². The Bertz CT molecular complexity index is 1680. The van der Waals surface area contributed by atoms with Crippen molar-refractivity contribution < 1.29 is 33.7 Å². The second kappa shape index (κ2) is 18.2. The summed E-state index contributed by atoms with van der Waals surface area (Å²) in [6, 6.07) is 14.4. The third-order valence-corrected chi connectivity index (χ3v) is 10.2. The highest BCUT2D eigenvalue weighted by Crippen LogP contribution is 2.33. The predicted molar refractivity (Wildman–Crippen MR) is 203 cm³/mol. The minimum absolute atomic E-state index is 0.0432. The number of amides is 3. The van der Waals surface area contributed by atoms with Crippen LogP contribution in [0.3, 0.4) is 0 Å². The smallest absolute Gasteiger partial charge is 0.407 e. The Morgan fingerprint density at radius 1 is 1.06 bits per heavy atom. The number of carbonyl (C=O) groups is 3. The number of aliphatic hydroxyl groups is 1. The molecule has 1 aromatic heterocycles. The third kappa shape index (κ3) is 11.9. The van der Waals surface area contributed by atoms with Crippen LogP contribution in [0.15, 0.2) is 53.9 Å². The number of aryl methyl sites for hydroxylation is 1. The summed E-state index contributed by atoms with van der Waals surface area (Å²) in [7, 11) is 0. The van der Waals surface area contributed by atoms with Crippen LogP contribution in [-0.2, 0) is 33.9 Å². The highest BCUT2D eigenvalue weighted by atomic mass is 32.1. The zero-order valence-corrected chi connectivity index (χ0v) is 32.4. The van der Waals surface area contributed by atoms with E-state index in [1.165, 1.54) is 11.3 Å².